The van der Waals surface area contributed by atoms with Crippen LogP contribution in [0.2, 0.25) is 5.02 Å². The van der Waals surface area contributed by atoms with Crippen molar-refractivity contribution in [3.63, 3.8) is 0 Å². The number of hydrogen-bond acceptors (Lipinski definition) is 3. The molecule has 0 aromatic heterocycles. The van der Waals surface area contributed by atoms with Gasteiger partial charge in [-0.1, -0.05) is 30.7 Å². The molecule has 2 rings (SSSR count). The van der Waals surface area contributed by atoms with Crippen molar-refractivity contribution >= 4 is 17.5 Å². The Balaban J connectivity index is 1.81. The number of halogens is 1. The van der Waals surface area contributed by atoms with Gasteiger partial charge in [0.1, 0.15) is 18.1 Å². The van der Waals surface area contributed by atoms with Gasteiger partial charge in [-0.3, -0.25) is 4.79 Å². The van der Waals surface area contributed by atoms with Crippen molar-refractivity contribution in [1.29, 1.82) is 0 Å². The highest BCUT2D eigenvalue weighted by atomic mass is 35.5. The zero-order valence-corrected chi connectivity index (χ0v) is 15.6. The first-order valence-electron chi connectivity index (χ1n) is 8.39. The van der Waals surface area contributed by atoms with Gasteiger partial charge in [0.2, 0.25) is 0 Å². The van der Waals surface area contributed by atoms with Crippen molar-refractivity contribution in [2.45, 2.75) is 33.3 Å². The standard InChI is InChI=1S/C20H24ClNO3/c1-4-18(25-19-13-14(2)5-6-15(19)3)20(23)22-11-12-24-17-9-7-16(21)8-10-17/h5-10,13,18H,4,11-12H2,1-3H3,(H,22,23). The van der Waals surface area contributed by atoms with E-state index in [0.717, 1.165) is 22.6 Å². The fraction of sp³-hybridized carbons (Fsp3) is 0.350. The molecule has 0 bridgehead atoms. The summed E-state index contributed by atoms with van der Waals surface area (Å²) in [6.45, 7) is 6.70. The molecule has 2 aromatic carbocycles. The summed E-state index contributed by atoms with van der Waals surface area (Å²) < 4.78 is 11.5. The molecule has 25 heavy (non-hydrogen) atoms. The maximum atomic E-state index is 12.3. The lowest BCUT2D eigenvalue weighted by Gasteiger charge is -2.19. The second-order valence-electron chi connectivity index (χ2n) is 5.88. The number of hydrogen-bond donors (Lipinski definition) is 1. The van der Waals surface area contributed by atoms with Crippen LogP contribution >= 0.6 is 11.6 Å². The van der Waals surface area contributed by atoms with Gasteiger partial charge in [-0.15, -0.1) is 0 Å². The molecule has 0 aliphatic rings. The lowest BCUT2D eigenvalue weighted by molar-refractivity contribution is -0.128. The van der Waals surface area contributed by atoms with Gasteiger partial charge in [0.25, 0.3) is 5.91 Å². The van der Waals surface area contributed by atoms with Crippen molar-refractivity contribution in [1.82, 2.24) is 5.32 Å². The van der Waals surface area contributed by atoms with Gasteiger partial charge < -0.3 is 14.8 Å². The molecule has 0 spiro atoms. The van der Waals surface area contributed by atoms with Crippen LogP contribution < -0.4 is 14.8 Å². The zero-order chi connectivity index (χ0) is 18.2. The van der Waals surface area contributed by atoms with E-state index in [0.29, 0.717) is 24.6 Å². The SMILES string of the molecule is CCC(Oc1cc(C)ccc1C)C(=O)NCCOc1ccc(Cl)cc1. The summed E-state index contributed by atoms with van der Waals surface area (Å²) in [6, 6.07) is 13.1. The molecular weight excluding hydrogens is 338 g/mol. The molecule has 0 saturated carbocycles. The number of carbonyl (C=O) groups excluding carboxylic acids is 1. The van der Waals surface area contributed by atoms with Gasteiger partial charge in [-0.05, 0) is 61.7 Å². The van der Waals surface area contributed by atoms with Gasteiger partial charge >= 0.3 is 0 Å². The third kappa shape index (κ3) is 5.98. The Morgan fingerprint density at radius 1 is 1.16 bits per heavy atom. The molecule has 1 atom stereocenters. The van der Waals surface area contributed by atoms with Crippen LogP contribution in [-0.4, -0.2) is 25.2 Å². The van der Waals surface area contributed by atoms with Crippen molar-refractivity contribution < 1.29 is 14.3 Å². The summed E-state index contributed by atoms with van der Waals surface area (Å²) in [5.41, 5.74) is 2.12. The van der Waals surface area contributed by atoms with Gasteiger partial charge in [-0.25, -0.2) is 0 Å². The van der Waals surface area contributed by atoms with Gasteiger partial charge in [0.15, 0.2) is 6.10 Å². The van der Waals surface area contributed by atoms with Crippen LogP contribution in [0.5, 0.6) is 11.5 Å². The van der Waals surface area contributed by atoms with Crippen molar-refractivity contribution in [3.05, 3.63) is 58.6 Å². The second kappa shape index (κ2) is 9.33. The molecule has 0 aliphatic heterocycles. The van der Waals surface area contributed by atoms with Crippen LogP contribution in [0.4, 0.5) is 0 Å². The van der Waals surface area contributed by atoms with Crippen molar-refractivity contribution in [3.8, 4) is 11.5 Å². The fourth-order valence-electron chi connectivity index (χ4n) is 2.30. The van der Waals surface area contributed by atoms with Crippen molar-refractivity contribution in [2.24, 2.45) is 0 Å². The molecular formula is C20H24ClNO3. The highest BCUT2D eigenvalue weighted by molar-refractivity contribution is 6.30. The molecule has 4 nitrogen and oxygen atoms in total. The summed E-state index contributed by atoms with van der Waals surface area (Å²) in [5.74, 6) is 1.33. The lowest BCUT2D eigenvalue weighted by Crippen LogP contribution is -2.39. The Labute approximate surface area is 154 Å². The summed E-state index contributed by atoms with van der Waals surface area (Å²) >= 11 is 5.83. The number of ether oxygens (including phenoxy) is 2. The van der Waals surface area contributed by atoms with E-state index in [9.17, 15) is 4.79 Å². The van der Waals surface area contributed by atoms with Crippen LogP contribution in [0.1, 0.15) is 24.5 Å². The summed E-state index contributed by atoms with van der Waals surface area (Å²) in [4.78, 5) is 12.3. The maximum absolute atomic E-state index is 12.3. The van der Waals surface area contributed by atoms with E-state index in [4.69, 9.17) is 21.1 Å². The Bertz CT molecular complexity index is 701. The predicted octanol–water partition coefficient (Wildman–Crippen LogP) is 4.31. The zero-order valence-electron chi connectivity index (χ0n) is 14.8. The average molecular weight is 362 g/mol. The number of aryl methyl sites for hydroxylation is 2. The average Bonchev–Trinajstić information content (AvgIpc) is 2.60. The van der Waals surface area contributed by atoms with Crippen molar-refractivity contribution in [2.75, 3.05) is 13.2 Å². The van der Waals surface area contributed by atoms with Crippen LogP contribution in [0.3, 0.4) is 0 Å². The minimum atomic E-state index is -0.518. The smallest absolute Gasteiger partial charge is 0.261 e. The number of benzene rings is 2. The quantitative estimate of drug-likeness (QED) is 0.713. The molecule has 1 N–H and O–H groups in total. The van der Waals surface area contributed by atoms with Gasteiger partial charge in [-0.2, -0.15) is 0 Å². The predicted molar refractivity (Wildman–Crippen MR) is 101 cm³/mol. The molecule has 0 saturated heterocycles. The van der Waals surface area contributed by atoms with Crippen LogP contribution in [0, 0.1) is 13.8 Å². The Morgan fingerprint density at radius 2 is 1.88 bits per heavy atom. The molecule has 0 aliphatic carbocycles. The third-order valence-electron chi connectivity index (χ3n) is 3.76. The number of rotatable bonds is 8. The van der Waals surface area contributed by atoms with E-state index < -0.39 is 6.10 Å². The molecule has 0 radical (unpaired) electrons. The van der Waals surface area contributed by atoms with E-state index in [1.165, 1.54) is 0 Å². The molecule has 0 fully saturated rings. The Morgan fingerprint density at radius 3 is 2.56 bits per heavy atom. The second-order valence-corrected chi connectivity index (χ2v) is 6.31. The minimum Gasteiger partial charge on any atom is -0.492 e. The molecule has 2 aromatic rings. The first kappa shape index (κ1) is 19.1. The topological polar surface area (TPSA) is 47.6 Å². The van der Waals surface area contributed by atoms with E-state index >= 15 is 0 Å². The highest BCUT2D eigenvalue weighted by Crippen LogP contribution is 2.21. The number of nitrogens with one attached hydrogen (secondary N) is 1. The Hall–Kier alpha value is -2.20. The largest absolute Gasteiger partial charge is 0.492 e. The third-order valence-corrected chi connectivity index (χ3v) is 4.01. The number of carbonyl (C=O) groups is 1. The van der Waals surface area contributed by atoms with E-state index in [2.05, 4.69) is 5.32 Å². The summed E-state index contributed by atoms with van der Waals surface area (Å²) in [7, 11) is 0. The lowest BCUT2D eigenvalue weighted by atomic mass is 10.1. The summed E-state index contributed by atoms with van der Waals surface area (Å²) in [5, 5.41) is 3.52. The van der Waals surface area contributed by atoms with Crippen LogP contribution in [0.25, 0.3) is 0 Å². The normalized spacial score (nSPS) is 11.7. The van der Waals surface area contributed by atoms with Crippen LogP contribution in [0.15, 0.2) is 42.5 Å². The minimum absolute atomic E-state index is 0.136. The summed E-state index contributed by atoms with van der Waals surface area (Å²) in [6.07, 6.45) is 0.0769. The van der Waals surface area contributed by atoms with E-state index in [1.807, 2.05) is 39.0 Å². The maximum Gasteiger partial charge on any atom is 0.261 e. The Kier molecular flexibility index (Phi) is 7.14. The molecule has 0 heterocycles. The van der Waals surface area contributed by atoms with Gasteiger partial charge in [0.05, 0.1) is 6.54 Å². The first-order valence-corrected chi connectivity index (χ1v) is 8.77. The van der Waals surface area contributed by atoms with Gasteiger partial charge in [0, 0.05) is 5.02 Å². The van der Waals surface area contributed by atoms with E-state index in [-0.39, 0.29) is 5.91 Å². The fourth-order valence-corrected chi connectivity index (χ4v) is 2.42. The monoisotopic (exact) mass is 361 g/mol. The van der Waals surface area contributed by atoms with E-state index in [1.54, 1.807) is 24.3 Å². The first-order chi connectivity index (χ1) is 12.0. The highest BCUT2D eigenvalue weighted by Gasteiger charge is 2.18. The number of amides is 1. The molecule has 134 valence electrons. The molecule has 5 heteroatoms. The molecule has 1 amide bonds. The molecule has 1 unspecified atom stereocenters. The van der Waals surface area contributed by atoms with Crippen LogP contribution in [-0.2, 0) is 4.79 Å².